The number of carbonyl (C=O) groups excluding carboxylic acids is 2. The van der Waals surface area contributed by atoms with Gasteiger partial charge in [0.2, 0.25) is 5.91 Å². The summed E-state index contributed by atoms with van der Waals surface area (Å²) in [4.78, 5) is 27.6. The average Bonchev–Trinajstić information content (AvgIpc) is 3.44. The third-order valence-corrected chi connectivity index (χ3v) is 7.30. The maximum Gasteiger partial charge on any atom is 0.262 e. The Kier molecular flexibility index (Phi) is 6.39. The summed E-state index contributed by atoms with van der Waals surface area (Å²) >= 11 is 7.40. The van der Waals surface area contributed by atoms with Gasteiger partial charge in [-0.3, -0.25) is 14.3 Å². The van der Waals surface area contributed by atoms with Crippen molar-refractivity contribution in [3.05, 3.63) is 87.4 Å². The van der Waals surface area contributed by atoms with Gasteiger partial charge in [-0.25, -0.2) is 0 Å². The molecular weight excluding hydrogens is 468 g/mol. The second-order valence-electron chi connectivity index (χ2n) is 8.70. The van der Waals surface area contributed by atoms with E-state index in [2.05, 4.69) is 15.7 Å². The van der Waals surface area contributed by atoms with E-state index in [9.17, 15) is 9.59 Å². The normalized spacial score (nSPS) is 14.2. The number of hydrogen-bond acceptors (Lipinski definition) is 4. The number of amides is 2. The van der Waals surface area contributed by atoms with E-state index in [1.54, 1.807) is 0 Å². The molecule has 8 heteroatoms. The second kappa shape index (κ2) is 9.60. The summed E-state index contributed by atoms with van der Waals surface area (Å²) in [6, 6.07) is 18.9. The summed E-state index contributed by atoms with van der Waals surface area (Å²) in [7, 11) is 0. The van der Waals surface area contributed by atoms with Gasteiger partial charge in [0, 0.05) is 22.9 Å². The predicted molar refractivity (Wildman–Crippen MR) is 135 cm³/mol. The van der Waals surface area contributed by atoms with E-state index in [0.717, 1.165) is 39.9 Å². The van der Waals surface area contributed by atoms with Crippen LogP contribution in [-0.2, 0) is 17.8 Å². The fourth-order valence-electron chi connectivity index (χ4n) is 3.91. The van der Waals surface area contributed by atoms with Crippen molar-refractivity contribution in [3.63, 3.8) is 0 Å². The van der Waals surface area contributed by atoms with Crippen molar-refractivity contribution < 1.29 is 9.59 Å². The van der Waals surface area contributed by atoms with Crippen LogP contribution in [0.3, 0.4) is 0 Å². The predicted octanol–water partition coefficient (Wildman–Crippen LogP) is 4.73. The molecule has 34 heavy (non-hydrogen) atoms. The number of hydrogen-bond donors (Lipinski definition) is 2. The molecule has 4 aromatic rings. The topological polar surface area (TPSA) is 76.0 Å². The van der Waals surface area contributed by atoms with E-state index in [-0.39, 0.29) is 17.9 Å². The molecule has 2 amide bonds. The Morgan fingerprint density at radius 3 is 2.56 bits per heavy atom. The highest BCUT2D eigenvalue weighted by Gasteiger charge is 2.29. The first-order chi connectivity index (χ1) is 16.5. The van der Waals surface area contributed by atoms with Gasteiger partial charge in [0.1, 0.15) is 10.9 Å². The summed E-state index contributed by atoms with van der Waals surface area (Å²) in [5.74, 6) is -0.378. The van der Waals surface area contributed by atoms with Crippen molar-refractivity contribution in [2.45, 2.75) is 44.8 Å². The van der Waals surface area contributed by atoms with E-state index in [0.29, 0.717) is 22.9 Å². The third-order valence-electron chi connectivity index (χ3n) is 5.90. The lowest BCUT2D eigenvalue weighted by Gasteiger charge is -2.18. The maximum absolute atomic E-state index is 13.2. The molecule has 2 N–H and O–H groups in total. The molecule has 1 aliphatic rings. The number of carbonyl (C=O) groups is 2. The minimum absolute atomic E-state index is 0.133. The van der Waals surface area contributed by atoms with Crippen molar-refractivity contribution >= 4 is 45.0 Å². The summed E-state index contributed by atoms with van der Waals surface area (Å²) < 4.78 is 1.91. The zero-order chi connectivity index (χ0) is 23.7. The first-order valence-corrected chi connectivity index (χ1v) is 12.5. The fraction of sp³-hybridized carbons (Fsp3) is 0.269. The molecule has 0 aliphatic heterocycles. The molecule has 1 fully saturated rings. The Morgan fingerprint density at radius 1 is 1.12 bits per heavy atom. The van der Waals surface area contributed by atoms with Crippen LogP contribution < -0.4 is 10.6 Å². The lowest BCUT2D eigenvalue weighted by molar-refractivity contribution is -0.123. The number of thiophene rings is 1. The van der Waals surface area contributed by atoms with Crippen molar-refractivity contribution in [1.82, 2.24) is 20.4 Å². The molecule has 1 atom stereocenters. The van der Waals surface area contributed by atoms with Gasteiger partial charge in [-0.05, 0) is 49.1 Å². The van der Waals surface area contributed by atoms with E-state index in [1.165, 1.54) is 11.3 Å². The van der Waals surface area contributed by atoms with Crippen LogP contribution >= 0.6 is 22.9 Å². The van der Waals surface area contributed by atoms with Gasteiger partial charge in [-0.15, -0.1) is 11.3 Å². The standard InChI is InChI=1S/C26H25ClN4O2S/c1-16-21-14-23(34-26(21)31(30-16)15-18-7-9-19(27)10-8-18)25(33)29-22(24(32)28-20-11-12-20)13-17-5-3-2-4-6-17/h2-10,14,20,22H,11-13,15H2,1H3,(H,28,32)(H,29,33). The lowest BCUT2D eigenvalue weighted by Crippen LogP contribution is -2.48. The van der Waals surface area contributed by atoms with Crippen LogP contribution in [0.15, 0.2) is 60.7 Å². The molecule has 2 heterocycles. The van der Waals surface area contributed by atoms with Crippen LogP contribution in [0.2, 0.25) is 5.02 Å². The molecule has 0 saturated heterocycles. The van der Waals surface area contributed by atoms with Gasteiger partial charge in [0.25, 0.3) is 5.91 Å². The first kappa shape index (κ1) is 22.6. The SMILES string of the molecule is Cc1nn(Cc2ccc(Cl)cc2)c2sc(C(=O)NC(Cc3ccccc3)C(=O)NC3CC3)cc12. The molecule has 0 bridgehead atoms. The van der Waals surface area contributed by atoms with Gasteiger partial charge in [-0.2, -0.15) is 5.10 Å². The smallest absolute Gasteiger partial charge is 0.262 e. The van der Waals surface area contributed by atoms with Crippen molar-refractivity contribution in [1.29, 1.82) is 0 Å². The number of fused-ring (bicyclic) bond motifs is 1. The Morgan fingerprint density at radius 2 is 1.85 bits per heavy atom. The van der Waals surface area contributed by atoms with Crippen LogP contribution in [-0.4, -0.2) is 33.7 Å². The Bertz CT molecular complexity index is 1330. The molecule has 1 aliphatic carbocycles. The van der Waals surface area contributed by atoms with E-state index < -0.39 is 6.04 Å². The van der Waals surface area contributed by atoms with Gasteiger partial charge in [0.05, 0.1) is 17.1 Å². The summed E-state index contributed by atoms with van der Waals surface area (Å²) in [6.45, 7) is 2.53. The quantitative estimate of drug-likeness (QED) is 0.373. The third kappa shape index (κ3) is 5.16. The number of rotatable bonds is 8. The molecule has 5 rings (SSSR count). The number of nitrogens with zero attached hydrogens (tertiary/aromatic N) is 2. The van der Waals surface area contributed by atoms with Gasteiger partial charge >= 0.3 is 0 Å². The Labute approximate surface area is 206 Å². The summed E-state index contributed by atoms with van der Waals surface area (Å²) in [6.07, 6.45) is 2.44. The molecule has 1 saturated carbocycles. The Balaban J connectivity index is 1.36. The largest absolute Gasteiger partial charge is 0.352 e. The van der Waals surface area contributed by atoms with Crippen LogP contribution in [0.1, 0.15) is 39.3 Å². The van der Waals surface area contributed by atoms with E-state index in [1.807, 2.05) is 72.3 Å². The number of aryl methyl sites for hydroxylation is 1. The molecular formula is C26H25ClN4O2S. The maximum atomic E-state index is 13.2. The highest BCUT2D eigenvalue weighted by molar-refractivity contribution is 7.20. The molecule has 174 valence electrons. The second-order valence-corrected chi connectivity index (χ2v) is 10.2. The highest BCUT2D eigenvalue weighted by Crippen LogP contribution is 2.29. The molecule has 0 spiro atoms. The summed E-state index contributed by atoms with van der Waals surface area (Å²) in [5.41, 5.74) is 2.95. The molecule has 0 radical (unpaired) electrons. The van der Waals surface area contributed by atoms with Crippen LogP contribution in [0.4, 0.5) is 0 Å². The van der Waals surface area contributed by atoms with Gasteiger partial charge in [0.15, 0.2) is 0 Å². The zero-order valence-corrected chi connectivity index (χ0v) is 20.3. The minimum atomic E-state index is -0.632. The fourth-order valence-corrected chi connectivity index (χ4v) is 5.10. The number of benzene rings is 2. The van der Waals surface area contributed by atoms with E-state index in [4.69, 9.17) is 11.6 Å². The minimum Gasteiger partial charge on any atom is -0.352 e. The molecule has 2 aromatic heterocycles. The average molecular weight is 493 g/mol. The lowest BCUT2D eigenvalue weighted by atomic mass is 10.1. The van der Waals surface area contributed by atoms with Crippen LogP contribution in [0.25, 0.3) is 10.2 Å². The highest BCUT2D eigenvalue weighted by atomic mass is 35.5. The van der Waals surface area contributed by atoms with Crippen LogP contribution in [0.5, 0.6) is 0 Å². The van der Waals surface area contributed by atoms with Crippen molar-refractivity contribution in [2.24, 2.45) is 0 Å². The first-order valence-electron chi connectivity index (χ1n) is 11.3. The van der Waals surface area contributed by atoms with Crippen molar-refractivity contribution in [3.8, 4) is 0 Å². The van der Waals surface area contributed by atoms with Crippen molar-refractivity contribution in [2.75, 3.05) is 0 Å². The number of halogens is 1. The van der Waals surface area contributed by atoms with E-state index >= 15 is 0 Å². The zero-order valence-electron chi connectivity index (χ0n) is 18.8. The molecule has 6 nitrogen and oxygen atoms in total. The molecule has 1 unspecified atom stereocenters. The Hall–Kier alpha value is -3.16. The number of aromatic nitrogens is 2. The van der Waals surface area contributed by atoms with Gasteiger partial charge < -0.3 is 10.6 Å². The summed E-state index contributed by atoms with van der Waals surface area (Å²) in [5, 5.41) is 12.3. The monoisotopic (exact) mass is 492 g/mol. The molecule has 2 aromatic carbocycles. The van der Waals surface area contributed by atoms with Crippen LogP contribution in [0, 0.1) is 6.92 Å². The number of nitrogens with one attached hydrogen (secondary N) is 2. The van der Waals surface area contributed by atoms with Gasteiger partial charge in [-0.1, -0.05) is 54.1 Å².